The van der Waals surface area contributed by atoms with Crippen molar-refractivity contribution in [1.29, 1.82) is 0 Å². The molecule has 0 aromatic heterocycles. The average molecular weight is 190 g/mol. The van der Waals surface area contributed by atoms with Gasteiger partial charge < -0.3 is 10.6 Å². The molecular weight excluding hydrogens is 172 g/mol. The number of anilines is 1. The molecule has 1 atom stereocenters. The predicted octanol–water partition coefficient (Wildman–Crippen LogP) is 1.91. The van der Waals surface area contributed by atoms with Gasteiger partial charge in [-0.05, 0) is 50.6 Å². The molecule has 76 valence electrons. The van der Waals surface area contributed by atoms with Crippen molar-refractivity contribution < 1.29 is 0 Å². The Morgan fingerprint density at radius 3 is 2.57 bits per heavy atom. The monoisotopic (exact) mass is 190 g/mol. The van der Waals surface area contributed by atoms with Crippen LogP contribution in [-0.2, 0) is 6.42 Å². The maximum absolute atomic E-state index is 5.63. The lowest BCUT2D eigenvalue weighted by Crippen LogP contribution is -2.44. The van der Waals surface area contributed by atoms with Crippen LogP contribution in [-0.4, -0.2) is 24.5 Å². The number of aryl methyl sites for hydroxylation is 1. The van der Waals surface area contributed by atoms with Crippen molar-refractivity contribution in [3.8, 4) is 0 Å². The molecule has 0 saturated carbocycles. The van der Waals surface area contributed by atoms with E-state index in [4.69, 9.17) is 5.73 Å². The molecule has 1 aliphatic rings. The number of benzene rings is 1. The van der Waals surface area contributed by atoms with Gasteiger partial charge in [-0.25, -0.2) is 0 Å². The largest absolute Gasteiger partial charge is 0.399 e. The van der Waals surface area contributed by atoms with E-state index in [1.807, 2.05) is 12.1 Å². The van der Waals surface area contributed by atoms with Crippen LogP contribution in [0.4, 0.5) is 5.69 Å². The van der Waals surface area contributed by atoms with E-state index >= 15 is 0 Å². The first-order chi connectivity index (χ1) is 6.75. The molecule has 0 radical (unpaired) electrons. The van der Waals surface area contributed by atoms with E-state index in [0.717, 1.165) is 11.7 Å². The molecule has 1 unspecified atom stereocenters. The highest BCUT2D eigenvalue weighted by Crippen LogP contribution is 2.20. The van der Waals surface area contributed by atoms with Gasteiger partial charge in [0.1, 0.15) is 0 Å². The minimum atomic E-state index is 0.813. The van der Waals surface area contributed by atoms with Gasteiger partial charge in [0.2, 0.25) is 0 Å². The third-order valence-electron chi connectivity index (χ3n) is 3.18. The van der Waals surface area contributed by atoms with Crippen molar-refractivity contribution in [3.63, 3.8) is 0 Å². The third-order valence-corrected chi connectivity index (χ3v) is 3.18. The normalized spacial score (nSPS) is 21.9. The molecule has 0 amide bonds. The summed E-state index contributed by atoms with van der Waals surface area (Å²) in [7, 11) is 2.21. The number of nitrogens with two attached hydrogens (primary N) is 1. The molecule has 14 heavy (non-hydrogen) atoms. The van der Waals surface area contributed by atoms with Gasteiger partial charge in [0.25, 0.3) is 0 Å². The zero-order valence-electron chi connectivity index (χ0n) is 8.74. The summed E-state index contributed by atoms with van der Waals surface area (Å²) in [5, 5.41) is 0. The number of hydrogen-bond acceptors (Lipinski definition) is 2. The minimum absolute atomic E-state index is 0.813. The van der Waals surface area contributed by atoms with Gasteiger partial charge in [0.05, 0.1) is 0 Å². The number of hydrogen-bond donors (Lipinski definition) is 1. The summed E-state index contributed by atoms with van der Waals surface area (Å²) in [6, 6.07) is 9.05. The molecule has 1 fully saturated rings. The average Bonchev–Trinajstić information content (AvgIpc) is 2.19. The summed E-state index contributed by atoms with van der Waals surface area (Å²) < 4.78 is 0. The first kappa shape index (κ1) is 9.53. The number of nitrogens with zero attached hydrogens (tertiary/aromatic N) is 1. The molecule has 1 aromatic rings. The van der Waals surface area contributed by atoms with Crippen LogP contribution in [0.25, 0.3) is 0 Å². The highest BCUT2D eigenvalue weighted by molar-refractivity contribution is 5.39. The molecule has 1 aromatic carbocycles. The van der Waals surface area contributed by atoms with Gasteiger partial charge in [-0.15, -0.1) is 0 Å². The Balaban J connectivity index is 1.83. The molecule has 2 heteroatoms. The first-order valence-electron chi connectivity index (χ1n) is 5.30. The van der Waals surface area contributed by atoms with E-state index in [1.165, 1.54) is 31.4 Å². The predicted molar refractivity (Wildman–Crippen MR) is 60.2 cm³/mol. The fourth-order valence-corrected chi connectivity index (χ4v) is 1.95. The van der Waals surface area contributed by atoms with Crippen LogP contribution in [0.5, 0.6) is 0 Å². The van der Waals surface area contributed by atoms with E-state index in [2.05, 4.69) is 24.1 Å². The second-order valence-corrected chi connectivity index (χ2v) is 4.20. The Labute approximate surface area is 85.7 Å². The quantitative estimate of drug-likeness (QED) is 0.738. The third kappa shape index (κ3) is 2.07. The van der Waals surface area contributed by atoms with Crippen molar-refractivity contribution in [2.45, 2.75) is 25.3 Å². The highest BCUT2D eigenvalue weighted by Gasteiger charge is 2.22. The maximum Gasteiger partial charge on any atom is 0.0314 e. The Morgan fingerprint density at radius 1 is 1.36 bits per heavy atom. The summed E-state index contributed by atoms with van der Waals surface area (Å²) in [5.74, 6) is 0. The topological polar surface area (TPSA) is 29.3 Å². The van der Waals surface area contributed by atoms with Crippen LogP contribution in [0.3, 0.4) is 0 Å². The Kier molecular flexibility index (Phi) is 2.73. The van der Waals surface area contributed by atoms with Gasteiger partial charge in [-0.2, -0.15) is 0 Å². The molecule has 0 aliphatic carbocycles. The smallest absolute Gasteiger partial charge is 0.0314 e. The summed E-state index contributed by atoms with van der Waals surface area (Å²) in [6.07, 6.45) is 3.82. The molecule has 0 spiro atoms. The fourth-order valence-electron chi connectivity index (χ4n) is 1.95. The van der Waals surface area contributed by atoms with Crippen molar-refractivity contribution >= 4 is 5.69 Å². The van der Waals surface area contributed by atoms with Crippen LogP contribution in [0.15, 0.2) is 24.3 Å². The second kappa shape index (κ2) is 4.01. The maximum atomic E-state index is 5.63. The number of nitrogen functional groups attached to an aromatic ring is 1. The van der Waals surface area contributed by atoms with Gasteiger partial charge in [0, 0.05) is 11.7 Å². The first-order valence-corrected chi connectivity index (χ1v) is 5.30. The van der Waals surface area contributed by atoms with Crippen LogP contribution < -0.4 is 5.73 Å². The zero-order chi connectivity index (χ0) is 9.97. The Hall–Kier alpha value is -1.02. The van der Waals surface area contributed by atoms with E-state index in [-0.39, 0.29) is 0 Å². The van der Waals surface area contributed by atoms with E-state index in [1.54, 1.807) is 0 Å². The summed E-state index contributed by atoms with van der Waals surface area (Å²) in [6.45, 7) is 1.27. The molecule has 2 nitrogen and oxygen atoms in total. The van der Waals surface area contributed by atoms with Crippen LogP contribution >= 0.6 is 0 Å². The van der Waals surface area contributed by atoms with Crippen LogP contribution in [0, 0.1) is 0 Å². The van der Waals surface area contributed by atoms with Crippen molar-refractivity contribution in [2.75, 3.05) is 19.3 Å². The van der Waals surface area contributed by atoms with Crippen molar-refractivity contribution in [2.24, 2.45) is 0 Å². The Morgan fingerprint density at radius 2 is 2.07 bits per heavy atom. The van der Waals surface area contributed by atoms with Gasteiger partial charge in [-0.3, -0.25) is 0 Å². The van der Waals surface area contributed by atoms with Gasteiger partial charge in [0.15, 0.2) is 0 Å². The SMILES string of the molecule is CN1CCC1CCc1ccc(N)cc1. The molecule has 0 bridgehead atoms. The minimum Gasteiger partial charge on any atom is -0.399 e. The van der Waals surface area contributed by atoms with Gasteiger partial charge in [-0.1, -0.05) is 12.1 Å². The summed E-state index contributed by atoms with van der Waals surface area (Å²) in [5.41, 5.74) is 7.89. The van der Waals surface area contributed by atoms with Crippen LogP contribution in [0.1, 0.15) is 18.4 Å². The van der Waals surface area contributed by atoms with Gasteiger partial charge >= 0.3 is 0 Å². The standard InChI is InChI=1S/C12H18N2/c1-14-9-8-12(14)7-4-10-2-5-11(13)6-3-10/h2-3,5-6,12H,4,7-9,13H2,1H3. The fraction of sp³-hybridized carbons (Fsp3) is 0.500. The molecule has 1 heterocycles. The van der Waals surface area contributed by atoms with E-state index in [9.17, 15) is 0 Å². The number of rotatable bonds is 3. The molecule has 1 saturated heterocycles. The molecule has 2 rings (SSSR count). The zero-order valence-corrected chi connectivity index (χ0v) is 8.74. The van der Waals surface area contributed by atoms with E-state index in [0.29, 0.717) is 0 Å². The lowest BCUT2D eigenvalue weighted by Gasteiger charge is -2.38. The molecule has 2 N–H and O–H groups in total. The van der Waals surface area contributed by atoms with E-state index < -0.39 is 0 Å². The summed E-state index contributed by atoms with van der Waals surface area (Å²) in [4.78, 5) is 2.43. The molecular formula is C12H18N2. The number of likely N-dealkylation sites (tertiary alicyclic amines) is 1. The Bertz CT molecular complexity index is 292. The van der Waals surface area contributed by atoms with Crippen LogP contribution in [0.2, 0.25) is 0 Å². The van der Waals surface area contributed by atoms with Crippen molar-refractivity contribution in [3.05, 3.63) is 29.8 Å². The highest BCUT2D eigenvalue weighted by atomic mass is 15.2. The lowest BCUT2D eigenvalue weighted by atomic mass is 9.96. The lowest BCUT2D eigenvalue weighted by molar-refractivity contribution is 0.119. The summed E-state index contributed by atoms with van der Waals surface area (Å²) >= 11 is 0. The van der Waals surface area contributed by atoms with Crippen molar-refractivity contribution in [1.82, 2.24) is 4.90 Å². The molecule has 1 aliphatic heterocycles. The second-order valence-electron chi connectivity index (χ2n) is 4.20.